The van der Waals surface area contributed by atoms with Gasteiger partial charge in [-0.2, -0.15) is 20.1 Å². The molecule has 0 aliphatic carbocycles. The van der Waals surface area contributed by atoms with Crippen molar-refractivity contribution in [3.63, 3.8) is 0 Å². The summed E-state index contributed by atoms with van der Waals surface area (Å²) in [5, 5.41) is 20.8. The molecule has 2 aromatic carbocycles. The highest BCUT2D eigenvalue weighted by Crippen LogP contribution is 2.29. The maximum Gasteiger partial charge on any atom is 0.273 e. The number of hydrogen-bond donors (Lipinski definition) is 1. The molecule has 0 fully saturated rings. The first-order chi connectivity index (χ1) is 14.9. The van der Waals surface area contributed by atoms with Crippen LogP contribution in [0.3, 0.4) is 0 Å². The predicted octanol–water partition coefficient (Wildman–Crippen LogP) is 3.08. The van der Waals surface area contributed by atoms with Crippen LogP contribution in [0.25, 0.3) is 28.0 Å². The van der Waals surface area contributed by atoms with Crippen LogP contribution >= 0.6 is 0 Å². The van der Waals surface area contributed by atoms with E-state index >= 15 is 0 Å². The van der Waals surface area contributed by atoms with E-state index in [2.05, 4.69) is 39.4 Å². The Morgan fingerprint density at radius 3 is 2.81 bits per heavy atom. The average molecular weight is 414 g/mol. The van der Waals surface area contributed by atoms with Gasteiger partial charge < -0.3 is 4.90 Å². The molecule has 154 valence electrons. The number of halogens is 1. The number of likely N-dealkylation sites (N-methyl/N-ethyl adjacent to an activating group) is 1. The van der Waals surface area contributed by atoms with E-state index in [0.717, 1.165) is 35.8 Å². The fraction of sp³-hybridized carbons (Fsp3) is 0.217. The molecule has 0 unspecified atom stereocenters. The van der Waals surface area contributed by atoms with Crippen LogP contribution in [0.2, 0.25) is 0 Å². The van der Waals surface area contributed by atoms with Crippen LogP contribution in [0.15, 0.2) is 41.2 Å². The zero-order chi connectivity index (χ0) is 21.7. The minimum Gasteiger partial charge on any atom is -0.302 e. The lowest BCUT2D eigenvalue weighted by Crippen LogP contribution is -2.26. The van der Waals surface area contributed by atoms with Crippen molar-refractivity contribution in [3.8, 4) is 23.0 Å². The van der Waals surface area contributed by atoms with Crippen molar-refractivity contribution in [2.75, 3.05) is 13.6 Å². The largest absolute Gasteiger partial charge is 0.302 e. The van der Waals surface area contributed by atoms with Gasteiger partial charge in [-0.05, 0) is 55.3 Å². The van der Waals surface area contributed by atoms with Crippen LogP contribution in [0.5, 0.6) is 0 Å². The van der Waals surface area contributed by atoms with Gasteiger partial charge in [0.15, 0.2) is 5.82 Å². The SMILES string of the molecule is Cc1cc(C#N)cc(F)c1-n1nc2c(-c3ccc4c(c3)CN(C)CC4)n[nH]c2cc1=O. The second-order valence-electron chi connectivity index (χ2n) is 7.94. The third kappa shape index (κ3) is 3.20. The molecule has 0 spiro atoms. The minimum absolute atomic E-state index is 0.0325. The maximum absolute atomic E-state index is 14.8. The summed E-state index contributed by atoms with van der Waals surface area (Å²) >= 11 is 0. The number of fused-ring (bicyclic) bond motifs is 2. The Hall–Kier alpha value is -3.83. The molecular weight excluding hydrogens is 395 g/mol. The Balaban J connectivity index is 1.68. The summed E-state index contributed by atoms with van der Waals surface area (Å²) in [7, 11) is 2.09. The molecule has 0 amide bonds. The summed E-state index contributed by atoms with van der Waals surface area (Å²) < 4.78 is 15.8. The lowest BCUT2D eigenvalue weighted by Gasteiger charge is -2.25. The number of nitrogens with zero attached hydrogens (tertiary/aromatic N) is 5. The van der Waals surface area contributed by atoms with Gasteiger partial charge in [-0.15, -0.1) is 0 Å². The maximum atomic E-state index is 14.8. The van der Waals surface area contributed by atoms with Crippen molar-refractivity contribution >= 4 is 11.0 Å². The standard InChI is InChI=1S/C23H19FN6O/c1-13-7-14(11-25)8-18(24)23(13)30-20(31)10-19-22(28-30)21(27-26-19)16-4-3-15-5-6-29(2)12-17(15)9-16/h3-4,7-10,26H,5-6,12H2,1-2H3. The minimum atomic E-state index is -0.674. The molecule has 0 bridgehead atoms. The van der Waals surface area contributed by atoms with Crippen LogP contribution in [-0.2, 0) is 13.0 Å². The molecule has 3 heterocycles. The number of aryl methyl sites for hydroxylation is 1. The first-order valence-corrected chi connectivity index (χ1v) is 9.94. The zero-order valence-electron chi connectivity index (χ0n) is 17.1. The van der Waals surface area contributed by atoms with Gasteiger partial charge in [0.2, 0.25) is 0 Å². The Bertz CT molecular complexity index is 1420. The molecule has 1 aliphatic rings. The van der Waals surface area contributed by atoms with Crippen molar-refractivity contribution in [2.45, 2.75) is 19.9 Å². The Morgan fingerprint density at radius 1 is 1.19 bits per heavy atom. The average Bonchev–Trinajstić information content (AvgIpc) is 3.15. The summed E-state index contributed by atoms with van der Waals surface area (Å²) in [6.45, 7) is 3.54. The van der Waals surface area contributed by atoms with Gasteiger partial charge in [0, 0.05) is 24.7 Å². The first-order valence-electron chi connectivity index (χ1n) is 9.94. The van der Waals surface area contributed by atoms with Gasteiger partial charge in [-0.25, -0.2) is 4.39 Å². The molecule has 0 radical (unpaired) electrons. The predicted molar refractivity (Wildman–Crippen MR) is 114 cm³/mol. The van der Waals surface area contributed by atoms with Crippen molar-refractivity contribution < 1.29 is 4.39 Å². The third-order valence-electron chi connectivity index (χ3n) is 5.72. The van der Waals surface area contributed by atoms with E-state index in [-0.39, 0.29) is 11.3 Å². The Morgan fingerprint density at radius 2 is 2.03 bits per heavy atom. The van der Waals surface area contributed by atoms with Gasteiger partial charge in [-0.3, -0.25) is 9.89 Å². The fourth-order valence-electron chi connectivity index (χ4n) is 4.16. The number of hydrogen-bond acceptors (Lipinski definition) is 5. The quantitative estimate of drug-likeness (QED) is 0.544. The van der Waals surface area contributed by atoms with Gasteiger partial charge in [0.05, 0.1) is 17.1 Å². The monoisotopic (exact) mass is 414 g/mol. The van der Waals surface area contributed by atoms with Crippen LogP contribution in [-0.4, -0.2) is 38.5 Å². The number of rotatable bonds is 2. The normalized spacial score (nSPS) is 13.9. The molecule has 31 heavy (non-hydrogen) atoms. The zero-order valence-corrected chi connectivity index (χ0v) is 17.1. The highest BCUT2D eigenvalue weighted by atomic mass is 19.1. The van der Waals surface area contributed by atoms with E-state index in [1.165, 1.54) is 23.3 Å². The Labute approximate surface area is 177 Å². The van der Waals surface area contributed by atoms with E-state index in [1.54, 1.807) is 6.92 Å². The molecule has 7 nitrogen and oxygen atoms in total. The lowest BCUT2D eigenvalue weighted by molar-refractivity contribution is 0.313. The molecule has 0 saturated heterocycles. The van der Waals surface area contributed by atoms with Crippen molar-refractivity contribution in [1.29, 1.82) is 5.26 Å². The van der Waals surface area contributed by atoms with E-state index in [9.17, 15) is 9.18 Å². The third-order valence-corrected chi connectivity index (χ3v) is 5.72. The first kappa shape index (κ1) is 19.2. The molecule has 0 atom stereocenters. The van der Waals surface area contributed by atoms with E-state index in [4.69, 9.17) is 5.26 Å². The number of nitriles is 1. The summed E-state index contributed by atoms with van der Waals surface area (Å²) in [4.78, 5) is 14.9. The second kappa shape index (κ2) is 7.15. The molecular formula is C23H19FN6O. The topological polar surface area (TPSA) is 90.6 Å². The van der Waals surface area contributed by atoms with Crippen molar-refractivity contribution in [3.05, 3.63) is 74.8 Å². The molecule has 1 aliphatic heterocycles. The van der Waals surface area contributed by atoms with Gasteiger partial charge in [0.25, 0.3) is 5.56 Å². The highest BCUT2D eigenvalue weighted by molar-refractivity contribution is 5.89. The van der Waals surface area contributed by atoms with E-state index < -0.39 is 11.4 Å². The molecule has 5 rings (SSSR count). The fourth-order valence-corrected chi connectivity index (χ4v) is 4.16. The summed E-state index contributed by atoms with van der Waals surface area (Å²) in [5.41, 5.74) is 5.20. The Kier molecular flexibility index (Phi) is 4.41. The second-order valence-corrected chi connectivity index (χ2v) is 7.94. The number of benzene rings is 2. The summed E-state index contributed by atoms with van der Waals surface area (Å²) in [5.74, 6) is -0.674. The summed E-state index contributed by atoms with van der Waals surface area (Å²) in [6, 6.07) is 12.1. The number of H-pyrrole nitrogens is 1. The lowest BCUT2D eigenvalue weighted by atomic mass is 9.96. The van der Waals surface area contributed by atoms with E-state index in [1.807, 2.05) is 12.1 Å². The van der Waals surface area contributed by atoms with Gasteiger partial charge >= 0.3 is 0 Å². The van der Waals surface area contributed by atoms with Crippen LogP contribution in [0, 0.1) is 24.1 Å². The summed E-state index contributed by atoms with van der Waals surface area (Å²) in [6.07, 6.45) is 1.00. The van der Waals surface area contributed by atoms with Crippen molar-refractivity contribution in [2.24, 2.45) is 0 Å². The van der Waals surface area contributed by atoms with Crippen LogP contribution in [0.4, 0.5) is 4.39 Å². The number of nitrogens with one attached hydrogen (secondary N) is 1. The van der Waals surface area contributed by atoms with Gasteiger partial charge in [0.1, 0.15) is 16.9 Å². The highest BCUT2D eigenvalue weighted by Gasteiger charge is 2.19. The number of aromatic amines is 1. The van der Waals surface area contributed by atoms with Crippen molar-refractivity contribution in [1.82, 2.24) is 24.9 Å². The van der Waals surface area contributed by atoms with Crippen LogP contribution < -0.4 is 5.56 Å². The molecule has 8 heteroatoms. The molecule has 4 aromatic rings. The molecule has 1 N–H and O–H groups in total. The molecule has 2 aromatic heterocycles. The van der Waals surface area contributed by atoms with Gasteiger partial charge in [-0.1, -0.05) is 12.1 Å². The number of aromatic nitrogens is 4. The molecule has 0 saturated carbocycles. The smallest absolute Gasteiger partial charge is 0.273 e. The van der Waals surface area contributed by atoms with Crippen LogP contribution in [0.1, 0.15) is 22.3 Å². The van der Waals surface area contributed by atoms with E-state index in [0.29, 0.717) is 22.3 Å².